The van der Waals surface area contributed by atoms with E-state index in [1.165, 1.54) is 16.8 Å². The number of pyridine rings is 1. The molecule has 1 aliphatic rings. The molecule has 2 N–H and O–H groups in total. The van der Waals surface area contributed by atoms with Crippen molar-refractivity contribution in [3.63, 3.8) is 0 Å². The fourth-order valence-electron chi connectivity index (χ4n) is 3.88. The van der Waals surface area contributed by atoms with Gasteiger partial charge in [0.05, 0.1) is 23.5 Å². The number of carboxylic acid groups (broad SMARTS) is 1. The van der Waals surface area contributed by atoms with Gasteiger partial charge in [0.15, 0.2) is 17.2 Å². The van der Waals surface area contributed by atoms with Gasteiger partial charge in [0, 0.05) is 11.1 Å². The predicted octanol–water partition coefficient (Wildman–Crippen LogP) is 3.14. The molecule has 1 aliphatic heterocycles. The van der Waals surface area contributed by atoms with Crippen molar-refractivity contribution in [3.05, 3.63) is 65.0 Å². The van der Waals surface area contributed by atoms with Gasteiger partial charge < -0.3 is 10.4 Å². The molecule has 4 aromatic rings. The molecular weight excluding hydrogens is 434 g/mol. The molecule has 1 aromatic carbocycles. The number of aromatic nitrogens is 5. The Kier molecular flexibility index (Phi) is 4.45. The van der Waals surface area contributed by atoms with Crippen molar-refractivity contribution in [2.45, 2.75) is 25.8 Å². The molecule has 4 heterocycles. The molecule has 0 spiro atoms. The van der Waals surface area contributed by atoms with E-state index in [0.29, 0.717) is 5.56 Å². The van der Waals surface area contributed by atoms with E-state index in [-0.39, 0.29) is 46.2 Å². The summed E-state index contributed by atoms with van der Waals surface area (Å²) in [6.07, 6.45) is 1.00. The monoisotopic (exact) mass is 450 g/mol. The molecule has 0 saturated heterocycles. The third-order valence-corrected chi connectivity index (χ3v) is 5.58. The molecule has 3 aromatic heterocycles. The lowest BCUT2D eigenvalue weighted by molar-refractivity contribution is -0.119. The number of nitrogens with one attached hydrogen (secondary N) is 1. The minimum atomic E-state index is -1.35. The summed E-state index contributed by atoms with van der Waals surface area (Å²) in [4.78, 5) is 36.9. The minimum Gasteiger partial charge on any atom is -0.476 e. The van der Waals surface area contributed by atoms with Crippen molar-refractivity contribution >= 4 is 28.7 Å². The zero-order chi connectivity index (χ0) is 23.5. The SMILES string of the molecule is CC1(C)C(=O)Nc2nc(-c3nn(Cc4ccccc4F)c4ncc(F)cc34)nc(C(=O)O)c21. The van der Waals surface area contributed by atoms with Crippen LogP contribution in [0.1, 0.15) is 35.5 Å². The van der Waals surface area contributed by atoms with Crippen molar-refractivity contribution in [2.75, 3.05) is 5.32 Å². The van der Waals surface area contributed by atoms with E-state index < -0.39 is 28.9 Å². The van der Waals surface area contributed by atoms with Gasteiger partial charge in [-0.3, -0.25) is 4.79 Å². The molecule has 11 heteroatoms. The van der Waals surface area contributed by atoms with Crippen LogP contribution in [0.4, 0.5) is 14.6 Å². The number of benzene rings is 1. The van der Waals surface area contributed by atoms with Crippen LogP contribution in [0.15, 0.2) is 36.5 Å². The number of fused-ring (bicyclic) bond motifs is 2. The Morgan fingerprint density at radius 2 is 1.97 bits per heavy atom. The number of amides is 1. The van der Waals surface area contributed by atoms with E-state index >= 15 is 0 Å². The lowest BCUT2D eigenvalue weighted by Gasteiger charge is -2.16. The van der Waals surface area contributed by atoms with Crippen molar-refractivity contribution in [2.24, 2.45) is 0 Å². The second kappa shape index (κ2) is 7.12. The van der Waals surface area contributed by atoms with Crippen LogP contribution >= 0.6 is 0 Å². The molecule has 0 unspecified atom stereocenters. The fraction of sp³-hybridized carbons (Fsp3) is 0.182. The van der Waals surface area contributed by atoms with Crippen molar-refractivity contribution < 1.29 is 23.5 Å². The summed E-state index contributed by atoms with van der Waals surface area (Å²) in [5.41, 5.74) is -0.739. The smallest absolute Gasteiger partial charge is 0.355 e. The van der Waals surface area contributed by atoms with E-state index in [1.807, 2.05) is 0 Å². The summed E-state index contributed by atoms with van der Waals surface area (Å²) in [6.45, 7) is 3.13. The first-order chi connectivity index (χ1) is 15.7. The van der Waals surface area contributed by atoms with Gasteiger partial charge in [0.25, 0.3) is 0 Å². The van der Waals surface area contributed by atoms with Crippen LogP contribution in [-0.2, 0) is 16.8 Å². The first kappa shape index (κ1) is 20.6. The average Bonchev–Trinajstić information content (AvgIpc) is 3.22. The predicted molar refractivity (Wildman–Crippen MR) is 113 cm³/mol. The molecule has 0 bridgehead atoms. The summed E-state index contributed by atoms with van der Waals surface area (Å²) in [7, 11) is 0. The van der Waals surface area contributed by atoms with Crippen LogP contribution in [0.3, 0.4) is 0 Å². The van der Waals surface area contributed by atoms with Crippen LogP contribution in [0.2, 0.25) is 0 Å². The number of anilines is 1. The molecule has 5 rings (SSSR count). The van der Waals surface area contributed by atoms with Gasteiger partial charge in [0.1, 0.15) is 23.1 Å². The van der Waals surface area contributed by atoms with Crippen molar-refractivity contribution in [3.8, 4) is 11.5 Å². The Labute approximate surface area is 185 Å². The number of aromatic carboxylic acids is 1. The van der Waals surface area contributed by atoms with E-state index in [2.05, 4.69) is 25.4 Å². The van der Waals surface area contributed by atoms with Crippen molar-refractivity contribution in [1.29, 1.82) is 0 Å². The summed E-state index contributed by atoms with van der Waals surface area (Å²) < 4.78 is 29.6. The van der Waals surface area contributed by atoms with E-state index in [4.69, 9.17) is 0 Å². The van der Waals surface area contributed by atoms with Gasteiger partial charge in [0.2, 0.25) is 5.91 Å². The van der Waals surface area contributed by atoms with Crippen LogP contribution in [0.5, 0.6) is 0 Å². The fourth-order valence-corrected chi connectivity index (χ4v) is 3.88. The summed E-state index contributed by atoms with van der Waals surface area (Å²) in [6, 6.07) is 7.29. The largest absolute Gasteiger partial charge is 0.476 e. The Morgan fingerprint density at radius 3 is 2.70 bits per heavy atom. The minimum absolute atomic E-state index is 0.0116. The number of carboxylic acids is 1. The summed E-state index contributed by atoms with van der Waals surface area (Å²) >= 11 is 0. The highest BCUT2D eigenvalue weighted by atomic mass is 19.1. The number of halogens is 2. The third-order valence-electron chi connectivity index (χ3n) is 5.58. The first-order valence-corrected chi connectivity index (χ1v) is 9.90. The Balaban J connectivity index is 1.73. The normalized spacial score (nSPS) is 14.4. The molecular formula is C22H16F2N6O3. The Bertz CT molecular complexity index is 1480. The first-order valence-electron chi connectivity index (χ1n) is 9.90. The number of nitrogens with zero attached hydrogens (tertiary/aromatic N) is 5. The molecule has 0 fully saturated rings. The standard InChI is InChI=1S/C22H16F2N6O3/c1-22(2)14-16(20(31)32)26-18(27-17(14)28-21(22)33)15-12-7-11(23)8-25-19(12)30(29-15)9-10-5-3-4-6-13(10)24/h3-8H,9H2,1-2H3,(H,31,32)(H,26,27,28,33). The number of rotatable bonds is 4. The zero-order valence-electron chi connectivity index (χ0n) is 17.4. The molecule has 0 aliphatic carbocycles. The molecule has 0 atom stereocenters. The van der Waals surface area contributed by atoms with Gasteiger partial charge in [-0.05, 0) is 26.0 Å². The number of carbonyl (C=O) groups is 2. The van der Waals surface area contributed by atoms with Crippen LogP contribution in [-0.4, -0.2) is 41.7 Å². The topological polar surface area (TPSA) is 123 Å². The average molecular weight is 450 g/mol. The maximum Gasteiger partial charge on any atom is 0.355 e. The highest BCUT2D eigenvalue weighted by molar-refractivity contribution is 6.08. The number of hydrogen-bond donors (Lipinski definition) is 2. The van der Waals surface area contributed by atoms with Gasteiger partial charge in [-0.2, -0.15) is 5.10 Å². The van der Waals surface area contributed by atoms with Crippen molar-refractivity contribution in [1.82, 2.24) is 24.7 Å². The van der Waals surface area contributed by atoms with Gasteiger partial charge in [-0.25, -0.2) is 33.2 Å². The quantitative estimate of drug-likeness (QED) is 0.490. The van der Waals surface area contributed by atoms with E-state index in [1.54, 1.807) is 32.0 Å². The Morgan fingerprint density at radius 1 is 1.21 bits per heavy atom. The molecule has 166 valence electrons. The third kappa shape index (κ3) is 3.20. The number of hydrogen-bond acceptors (Lipinski definition) is 6. The molecule has 0 saturated carbocycles. The maximum absolute atomic E-state index is 14.2. The second-order valence-corrected chi connectivity index (χ2v) is 8.13. The second-order valence-electron chi connectivity index (χ2n) is 8.13. The zero-order valence-corrected chi connectivity index (χ0v) is 17.4. The summed E-state index contributed by atoms with van der Waals surface area (Å²) in [5, 5.41) is 17.0. The van der Waals surface area contributed by atoms with Crippen LogP contribution < -0.4 is 5.32 Å². The Hall–Kier alpha value is -4.28. The van der Waals surface area contributed by atoms with Crippen LogP contribution in [0, 0.1) is 11.6 Å². The highest BCUT2D eigenvalue weighted by Crippen LogP contribution is 2.39. The number of carbonyl (C=O) groups excluding carboxylic acids is 1. The molecule has 0 radical (unpaired) electrons. The lowest BCUT2D eigenvalue weighted by Crippen LogP contribution is -2.28. The van der Waals surface area contributed by atoms with E-state index in [9.17, 15) is 23.5 Å². The van der Waals surface area contributed by atoms with Gasteiger partial charge in [-0.15, -0.1) is 0 Å². The molecule has 9 nitrogen and oxygen atoms in total. The summed E-state index contributed by atoms with van der Waals surface area (Å²) in [5.74, 6) is -2.95. The molecule has 1 amide bonds. The van der Waals surface area contributed by atoms with Gasteiger partial charge >= 0.3 is 5.97 Å². The lowest BCUT2D eigenvalue weighted by atomic mass is 9.85. The van der Waals surface area contributed by atoms with Crippen LogP contribution in [0.25, 0.3) is 22.6 Å². The highest BCUT2D eigenvalue weighted by Gasteiger charge is 2.44. The van der Waals surface area contributed by atoms with Gasteiger partial charge in [-0.1, -0.05) is 18.2 Å². The molecule has 33 heavy (non-hydrogen) atoms. The maximum atomic E-state index is 14.2. The van der Waals surface area contributed by atoms with E-state index in [0.717, 1.165) is 6.20 Å².